The third kappa shape index (κ3) is 4.67. The van der Waals surface area contributed by atoms with Crippen molar-refractivity contribution in [2.45, 2.75) is 11.5 Å². The zero-order valence-corrected chi connectivity index (χ0v) is 8.91. The van der Waals surface area contributed by atoms with Crippen LogP contribution in [0, 0.1) is 0 Å². The Bertz CT molecular complexity index is 343. The van der Waals surface area contributed by atoms with Gasteiger partial charge >= 0.3 is 5.97 Å². The molecule has 0 radical (unpaired) electrons. The maximum Gasteiger partial charge on any atom is 0.328 e. The molecule has 0 fully saturated rings. The van der Waals surface area contributed by atoms with Crippen molar-refractivity contribution in [1.82, 2.24) is 0 Å². The molecule has 0 saturated heterocycles. The average Bonchev–Trinajstić information content (AvgIpc) is 2.25. The third-order valence-electron chi connectivity index (χ3n) is 1.71. The number of carboxylic acid groups (broad SMARTS) is 1. The lowest BCUT2D eigenvalue weighted by Gasteiger charge is -1.99. The molecule has 0 aliphatic heterocycles. The summed E-state index contributed by atoms with van der Waals surface area (Å²) in [7, 11) is 0. The van der Waals surface area contributed by atoms with Gasteiger partial charge in [0.25, 0.3) is 0 Å². The van der Waals surface area contributed by atoms with E-state index in [0.717, 1.165) is 16.5 Å². The molecule has 0 aromatic heterocycles. The molecule has 0 heterocycles. The van der Waals surface area contributed by atoms with Crippen LogP contribution in [-0.4, -0.2) is 21.9 Å². The van der Waals surface area contributed by atoms with Crippen molar-refractivity contribution < 1.29 is 15.0 Å². The van der Waals surface area contributed by atoms with E-state index in [1.165, 1.54) is 0 Å². The molecule has 3 nitrogen and oxygen atoms in total. The monoisotopic (exact) mass is 224 g/mol. The van der Waals surface area contributed by atoms with Crippen LogP contribution in [0.4, 0.5) is 0 Å². The van der Waals surface area contributed by atoms with Crippen LogP contribution in [-0.2, 0) is 11.4 Å². The molecule has 0 atom stereocenters. The summed E-state index contributed by atoms with van der Waals surface area (Å²) in [6.45, 7) is 0.0455. The van der Waals surface area contributed by atoms with Gasteiger partial charge in [0.15, 0.2) is 0 Å². The minimum atomic E-state index is -0.925. The van der Waals surface area contributed by atoms with Gasteiger partial charge in [0.05, 0.1) is 6.61 Å². The summed E-state index contributed by atoms with van der Waals surface area (Å²) in [4.78, 5) is 11.2. The number of carbonyl (C=O) groups is 1. The van der Waals surface area contributed by atoms with E-state index in [4.69, 9.17) is 10.2 Å². The smallest absolute Gasteiger partial charge is 0.328 e. The van der Waals surface area contributed by atoms with Gasteiger partial charge in [-0.15, -0.1) is 11.8 Å². The number of carboxylic acids is 1. The first-order valence-electron chi connectivity index (χ1n) is 4.44. The van der Waals surface area contributed by atoms with Crippen molar-refractivity contribution in [2.24, 2.45) is 0 Å². The van der Waals surface area contributed by atoms with E-state index in [0.29, 0.717) is 5.75 Å². The van der Waals surface area contributed by atoms with E-state index in [2.05, 4.69) is 0 Å². The molecule has 0 aliphatic rings. The summed E-state index contributed by atoms with van der Waals surface area (Å²) in [5.74, 6) is -0.295. The molecule has 0 aliphatic carbocycles. The first-order chi connectivity index (χ1) is 7.22. The molecular weight excluding hydrogens is 212 g/mol. The minimum absolute atomic E-state index is 0.0455. The fourth-order valence-corrected chi connectivity index (χ4v) is 1.70. The van der Waals surface area contributed by atoms with E-state index in [1.54, 1.807) is 17.8 Å². The first-order valence-corrected chi connectivity index (χ1v) is 5.43. The largest absolute Gasteiger partial charge is 0.478 e. The lowest BCUT2D eigenvalue weighted by molar-refractivity contribution is -0.131. The van der Waals surface area contributed by atoms with E-state index in [1.807, 2.05) is 24.3 Å². The van der Waals surface area contributed by atoms with Crippen LogP contribution in [0.5, 0.6) is 0 Å². The van der Waals surface area contributed by atoms with Gasteiger partial charge in [0.1, 0.15) is 0 Å². The van der Waals surface area contributed by atoms with E-state index in [-0.39, 0.29) is 6.61 Å². The Labute approximate surface area is 92.4 Å². The van der Waals surface area contributed by atoms with E-state index >= 15 is 0 Å². The molecule has 4 heteroatoms. The van der Waals surface area contributed by atoms with Gasteiger partial charge in [0, 0.05) is 16.7 Å². The fourth-order valence-electron chi connectivity index (χ4n) is 0.984. The highest BCUT2D eigenvalue weighted by molar-refractivity contribution is 7.99. The summed E-state index contributed by atoms with van der Waals surface area (Å²) >= 11 is 1.55. The molecule has 0 unspecified atom stereocenters. The second-order valence-electron chi connectivity index (χ2n) is 2.85. The maximum atomic E-state index is 10.2. The molecule has 0 amide bonds. The Hall–Kier alpha value is -1.26. The molecular formula is C11H12O3S. The second kappa shape index (κ2) is 6.27. The number of rotatable bonds is 5. The van der Waals surface area contributed by atoms with Gasteiger partial charge in [-0.05, 0) is 17.7 Å². The van der Waals surface area contributed by atoms with Crippen LogP contribution in [0.25, 0.3) is 0 Å². The first kappa shape index (κ1) is 11.8. The lowest BCUT2D eigenvalue weighted by atomic mass is 10.2. The molecule has 1 aromatic carbocycles. The highest BCUT2D eigenvalue weighted by atomic mass is 32.2. The van der Waals surface area contributed by atoms with Crippen molar-refractivity contribution in [3.8, 4) is 0 Å². The average molecular weight is 224 g/mol. The van der Waals surface area contributed by atoms with Crippen molar-refractivity contribution in [3.63, 3.8) is 0 Å². The summed E-state index contributed by atoms with van der Waals surface area (Å²) in [6, 6.07) is 7.52. The molecule has 0 saturated carbocycles. The van der Waals surface area contributed by atoms with Gasteiger partial charge < -0.3 is 10.2 Å². The van der Waals surface area contributed by atoms with Gasteiger partial charge in [-0.1, -0.05) is 18.2 Å². The molecule has 0 spiro atoms. The number of benzene rings is 1. The normalized spacial score (nSPS) is 10.7. The quantitative estimate of drug-likeness (QED) is 0.592. The summed E-state index contributed by atoms with van der Waals surface area (Å²) in [5, 5.41) is 17.2. The van der Waals surface area contributed by atoms with Gasteiger partial charge in [-0.25, -0.2) is 4.79 Å². The van der Waals surface area contributed by atoms with Gasteiger partial charge in [-0.3, -0.25) is 0 Å². The zero-order chi connectivity index (χ0) is 11.1. The Kier molecular flexibility index (Phi) is 4.93. The van der Waals surface area contributed by atoms with Crippen LogP contribution in [0.2, 0.25) is 0 Å². The Morgan fingerprint density at radius 2 is 2.00 bits per heavy atom. The highest BCUT2D eigenvalue weighted by Crippen LogP contribution is 2.18. The van der Waals surface area contributed by atoms with Crippen LogP contribution < -0.4 is 0 Å². The van der Waals surface area contributed by atoms with Crippen molar-refractivity contribution in [2.75, 3.05) is 5.75 Å². The lowest BCUT2D eigenvalue weighted by Crippen LogP contribution is -1.86. The van der Waals surface area contributed by atoms with Crippen molar-refractivity contribution >= 4 is 17.7 Å². The predicted molar refractivity (Wildman–Crippen MR) is 59.9 cm³/mol. The molecule has 80 valence electrons. The summed E-state index contributed by atoms with van der Waals surface area (Å²) < 4.78 is 0. The minimum Gasteiger partial charge on any atom is -0.478 e. The SMILES string of the molecule is O=C(O)/C=C/CSc1ccc(CO)cc1. The Balaban J connectivity index is 2.41. The number of aliphatic hydroxyl groups is 1. The maximum absolute atomic E-state index is 10.2. The van der Waals surface area contributed by atoms with E-state index < -0.39 is 5.97 Å². The molecule has 1 rings (SSSR count). The molecule has 2 N–H and O–H groups in total. The van der Waals surface area contributed by atoms with Crippen LogP contribution in [0.15, 0.2) is 41.3 Å². The van der Waals surface area contributed by atoms with Crippen molar-refractivity contribution in [3.05, 3.63) is 42.0 Å². The van der Waals surface area contributed by atoms with E-state index in [9.17, 15) is 4.79 Å². The van der Waals surface area contributed by atoms with Gasteiger partial charge in [-0.2, -0.15) is 0 Å². The second-order valence-corrected chi connectivity index (χ2v) is 3.95. The standard InChI is InChI=1S/C11H12O3S/c12-8-9-3-5-10(6-4-9)15-7-1-2-11(13)14/h1-6,12H,7-8H2,(H,13,14)/b2-1+. The number of thioether (sulfide) groups is 1. The fraction of sp³-hybridized carbons (Fsp3) is 0.182. The third-order valence-corrected chi connectivity index (χ3v) is 2.68. The molecule has 15 heavy (non-hydrogen) atoms. The van der Waals surface area contributed by atoms with Crippen molar-refractivity contribution in [1.29, 1.82) is 0 Å². The van der Waals surface area contributed by atoms with Gasteiger partial charge in [0.2, 0.25) is 0 Å². The summed E-state index contributed by atoms with van der Waals surface area (Å²) in [5.41, 5.74) is 0.875. The number of hydrogen-bond donors (Lipinski definition) is 2. The summed E-state index contributed by atoms with van der Waals surface area (Å²) in [6.07, 6.45) is 2.74. The van der Waals surface area contributed by atoms with Crippen LogP contribution in [0.1, 0.15) is 5.56 Å². The zero-order valence-electron chi connectivity index (χ0n) is 8.09. The van der Waals surface area contributed by atoms with Crippen LogP contribution >= 0.6 is 11.8 Å². The predicted octanol–water partition coefficient (Wildman–Crippen LogP) is 1.91. The van der Waals surface area contributed by atoms with Crippen LogP contribution in [0.3, 0.4) is 0 Å². The topological polar surface area (TPSA) is 57.5 Å². The Morgan fingerprint density at radius 1 is 1.33 bits per heavy atom. The Morgan fingerprint density at radius 3 is 2.53 bits per heavy atom. The molecule has 0 bridgehead atoms. The highest BCUT2D eigenvalue weighted by Gasteiger charge is 1.93. The number of aliphatic carboxylic acids is 1. The number of aliphatic hydroxyl groups excluding tert-OH is 1. The number of hydrogen-bond acceptors (Lipinski definition) is 3. The molecule has 1 aromatic rings.